The molecule has 0 aliphatic carbocycles. The minimum atomic E-state index is -0.0706. The van der Waals surface area contributed by atoms with Gasteiger partial charge in [-0.1, -0.05) is 18.2 Å². The van der Waals surface area contributed by atoms with Crippen molar-refractivity contribution < 1.29 is 4.79 Å². The van der Waals surface area contributed by atoms with Crippen molar-refractivity contribution in [3.63, 3.8) is 0 Å². The van der Waals surface area contributed by atoms with Crippen molar-refractivity contribution in [2.75, 3.05) is 5.32 Å². The Bertz CT molecular complexity index is 536. The van der Waals surface area contributed by atoms with E-state index in [0.717, 1.165) is 14.8 Å². The Morgan fingerprint density at radius 3 is 2.88 bits per heavy atom. The summed E-state index contributed by atoms with van der Waals surface area (Å²) in [5, 5.41) is 6.93. The predicted molar refractivity (Wildman–Crippen MR) is 74.8 cm³/mol. The van der Waals surface area contributed by atoms with Gasteiger partial charge >= 0.3 is 0 Å². The molecule has 0 saturated carbocycles. The Kier molecular flexibility index (Phi) is 3.78. The van der Waals surface area contributed by atoms with Crippen LogP contribution in [0.1, 0.15) is 5.56 Å². The molecule has 0 unspecified atom stereocenters. The van der Waals surface area contributed by atoms with Gasteiger partial charge in [0, 0.05) is 11.9 Å². The molecule has 0 aliphatic heterocycles. The average molecular weight is 341 g/mol. The van der Waals surface area contributed by atoms with Gasteiger partial charge in [0.1, 0.15) is 6.54 Å². The fourth-order valence-corrected chi connectivity index (χ4v) is 1.92. The number of carbonyl (C=O) groups excluding carboxylic acids is 1. The van der Waals surface area contributed by atoms with Crippen LogP contribution in [0.15, 0.2) is 36.7 Å². The first-order valence-corrected chi connectivity index (χ1v) is 6.26. The number of para-hydroxylation sites is 1. The minimum absolute atomic E-state index is 0.0706. The highest BCUT2D eigenvalue weighted by Crippen LogP contribution is 2.13. The van der Waals surface area contributed by atoms with E-state index in [1.165, 1.54) is 0 Å². The second-order valence-electron chi connectivity index (χ2n) is 3.72. The summed E-state index contributed by atoms with van der Waals surface area (Å²) >= 11 is 2.16. The largest absolute Gasteiger partial charge is 0.324 e. The van der Waals surface area contributed by atoms with E-state index in [0.29, 0.717) is 0 Å². The summed E-state index contributed by atoms with van der Waals surface area (Å²) in [7, 11) is 0. The molecular weight excluding hydrogens is 329 g/mol. The van der Waals surface area contributed by atoms with Gasteiger partial charge in [-0.3, -0.25) is 9.48 Å². The lowest BCUT2D eigenvalue weighted by atomic mass is 10.2. The van der Waals surface area contributed by atoms with Gasteiger partial charge < -0.3 is 5.32 Å². The summed E-state index contributed by atoms with van der Waals surface area (Å²) in [6, 6.07) is 7.70. The van der Waals surface area contributed by atoms with Crippen LogP contribution >= 0.6 is 22.6 Å². The van der Waals surface area contributed by atoms with E-state index in [1.54, 1.807) is 10.9 Å². The normalized spacial score (nSPS) is 10.2. The van der Waals surface area contributed by atoms with Crippen molar-refractivity contribution in [3.8, 4) is 0 Å². The summed E-state index contributed by atoms with van der Waals surface area (Å²) < 4.78 is 2.64. The Labute approximate surface area is 113 Å². The first-order valence-electron chi connectivity index (χ1n) is 5.18. The zero-order valence-electron chi connectivity index (χ0n) is 9.35. The smallest absolute Gasteiger partial charge is 0.246 e. The van der Waals surface area contributed by atoms with Crippen LogP contribution in [0.25, 0.3) is 0 Å². The number of aryl methyl sites for hydroxylation is 1. The quantitative estimate of drug-likeness (QED) is 0.872. The highest BCUT2D eigenvalue weighted by atomic mass is 127. The van der Waals surface area contributed by atoms with Crippen LogP contribution in [0, 0.1) is 10.5 Å². The van der Waals surface area contributed by atoms with Crippen LogP contribution in [-0.2, 0) is 11.3 Å². The lowest BCUT2D eigenvalue weighted by Gasteiger charge is -2.07. The summed E-state index contributed by atoms with van der Waals surface area (Å²) in [5.74, 6) is -0.0706. The van der Waals surface area contributed by atoms with Crippen LogP contribution in [-0.4, -0.2) is 15.7 Å². The number of aromatic nitrogens is 2. The van der Waals surface area contributed by atoms with Gasteiger partial charge in [-0.25, -0.2) is 0 Å². The molecule has 1 aromatic carbocycles. The number of halogens is 1. The third-order valence-electron chi connectivity index (χ3n) is 2.33. The van der Waals surface area contributed by atoms with Gasteiger partial charge in [-0.05, 0) is 41.1 Å². The third kappa shape index (κ3) is 3.29. The number of benzene rings is 1. The van der Waals surface area contributed by atoms with Gasteiger partial charge in [-0.2, -0.15) is 5.10 Å². The van der Waals surface area contributed by atoms with Crippen molar-refractivity contribution in [1.29, 1.82) is 0 Å². The highest BCUT2D eigenvalue weighted by molar-refractivity contribution is 14.1. The summed E-state index contributed by atoms with van der Waals surface area (Å²) in [4.78, 5) is 11.8. The SMILES string of the molecule is Cc1ccccc1NC(=O)Cn1cc(I)cn1. The second kappa shape index (κ2) is 5.31. The number of amides is 1. The lowest BCUT2D eigenvalue weighted by molar-refractivity contribution is -0.116. The molecule has 2 aromatic rings. The van der Waals surface area contributed by atoms with Crippen LogP contribution < -0.4 is 5.32 Å². The maximum atomic E-state index is 11.8. The third-order valence-corrected chi connectivity index (χ3v) is 2.88. The average Bonchev–Trinajstić information content (AvgIpc) is 2.67. The molecule has 1 amide bonds. The molecule has 17 heavy (non-hydrogen) atoms. The number of carbonyl (C=O) groups is 1. The van der Waals surface area contributed by atoms with E-state index >= 15 is 0 Å². The van der Waals surface area contributed by atoms with E-state index in [9.17, 15) is 4.79 Å². The first-order chi connectivity index (χ1) is 8.15. The molecule has 0 aliphatic rings. The molecule has 0 atom stereocenters. The zero-order valence-corrected chi connectivity index (χ0v) is 11.5. The lowest BCUT2D eigenvalue weighted by Crippen LogP contribution is -2.19. The molecule has 0 bridgehead atoms. The molecule has 0 spiro atoms. The van der Waals surface area contributed by atoms with Gasteiger partial charge in [-0.15, -0.1) is 0 Å². The van der Waals surface area contributed by atoms with Crippen molar-refractivity contribution in [1.82, 2.24) is 9.78 Å². The summed E-state index contributed by atoms with van der Waals surface area (Å²) in [6.45, 7) is 2.20. The Hall–Kier alpha value is -1.37. The maximum absolute atomic E-state index is 11.8. The van der Waals surface area contributed by atoms with E-state index in [1.807, 2.05) is 37.4 Å². The van der Waals surface area contributed by atoms with Gasteiger partial charge in [0.25, 0.3) is 0 Å². The van der Waals surface area contributed by atoms with Gasteiger partial charge in [0.05, 0.1) is 9.77 Å². The minimum Gasteiger partial charge on any atom is -0.324 e. The van der Waals surface area contributed by atoms with E-state index in [2.05, 4.69) is 33.0 Å². The number of nitrogens with zero attached hydrogens (tertiary/aromatic N) is 2. The number of rotatable bonds is 3. The zero-order chi connectivity index (χ0) is 12.3. The molecule has 1 aromatic heterocycles. The van der Waals surface area contributed by atoms with E-state index < -0.39 is 0 Å². The van der Waals surface area contributed by atoms with Crippen LogP contribution in [0.3, 0.4) is 0 Å². The molecule has 5 heteroatoms. The molecule has 0 saturated heterocycles. The molecule has 0 radical (unpaired) electrons. The summed E-state index contributed by atoms with van der Waals surface area (Å²) in [6.07, 6.45) is 3.56. The molecular formula is C12H12IN3O. The van der Waals surface area contributed by atoms with Crippen LogP contribution in [0.2, 0.25) is 0 Å². The number of hydrogen-bond donors (Lipinski definition) is 1. The number of nitrogens with one attached hydrogen (secondary N) is 1. The Morgan fingerprint density at radius 2 is 2.24 bits per heavy atom. The second-order valence-corrected chi connectivity index (χ2v) is 4.96. The Morgan fingerprint density at radius 1 is 1.47 bits per heavy atom. The molecule has 2 rings (SSSR count). The van der Waals surface area contributed by atoms with Crippen molar-refractivity contribution in [2.45, 2.75) is 13.5 Å². The highest BCUT2D eigenvalue weighted by Gasteiger charge is 2.05. The molecule has 1 N–H and O–H groups in total. The van der Waals surface area contributed by atoms with E-state index in [4.69, 9.17) is 0 Å². The standard InChI is InChI=1S/C12H12IN3O/c1-9-4-2-3-5-11(9)15-12(17)8-16-7-10(13)6-14-16/h2-7H,8H2,1H3,(H,15,17). The topological polar surface area (TPSA) is 46.9 Å². The fourth-order valence-electron chi connectivity index (χ4n) is 1.47. The Balaban J connectivity index is 2.01. The predicted octanol–water partition coefficient (Wildman–Crippen LogP) is 2.43. The molecule has 1 heterocycles. The van der Waals surface area contributed by atoms with Crippen molar-refractivity contribution in [2.24, 2.45) is 0 Å². The summed E-state index contributed by atoms with van der Waals surface area (Å²) in [5.41, 5.74) is 1.90. The monoisotopic (exact) mass is 341 g/mol. The van der Waals surface area contributed by atoms with Crippen molar-refractivity contribution >= 4 is 34.2 Å². The fraction of sp³-hybridized carbons (Fsp3) is 0.167. The maximum Gasteiger partial charge on any atom is 0.246 e. The molecule has 4 nitrogen and oxygen atoms in total. The van der Waals surface area contributed by atoms with Crippen LogP contribution in [0.5, 0.6) is 0 Å². The first kappa shape index (κ1) is 12.1. The van der Waals surface area contributed by atoms with Crippen LogP contribution in [0.4, 0.5) is 5.69 Å². The van der Waals surface area contributed by atoms with Gasteiger partial charge in [0.2, 0.25) is 5.91 Å². The van der Waals surface area contributed by atoms with Gasteiger partial charge in [0.15, 0.2) is 0 Å². The molecule has 88 valence electrons. The molecule has 0 fully saturated rings. The van der Waals surface area contributed by atoms with E-state index in [-0.39, 0.29) is 12.5 Å². The number of hydrogen-bond acceptors (Lipinski definition) is 2. The number of anilines is 1. The van der Waals surface area contributed by atoms with Crippen molar-refractivity contribution in [3.05, 3.63) is 45.8 Å².